The van der Waals surface area contributed by atoms with Gasteiger partial charge in [-0.25, -0.2) is 4.90 Å². The molecule has 3 atom stereocenters. The molecule has 3 rings (SSSR count). The van der Waals surface area contributed by atoms with Gasteiger partial charge in [-0.05, 0) is 7.05 Å². The topological polar surface area (TPSA) is 72.9 Å². The molecule has 3 aliphatic rings. The van der Waals surface area contributed by atoms with Crippen molar-refractivity contribution in [1.82, 2.24) is 15.1 Å². The molecule has 1 spiro atoms. The molecule has 3 saturated heterocycles. The third-order valence-corrected chi connectivity index (χ3v) is 7.05. The molecule has 3 heterocycles. The van der Waals surface area contributed by atoms with E-state index < -0.39 is 16.3 Å². The molecule has 6 nitrogen and oxygen atoms in total. The van der Waals surface area contributed by atoms with Crippen molar-refractivity contribution in [2.75, 3.05) is 31.8 Å². The maximum atomic E-state index is 12.3. The van der Waals surface area contributed by atoms with Crippen molar-refractivity contribution in [1.29, 1.82) is 0 Å². The van der Waals surface area contributed by atoms with E-state index in [2.05, 4.69) is 5.32 Å². The molecule has 3 aliphatic heterocycles. The molecule has 3 fully saturated rings. The third kappa shape index (κ3) is 1.52. The summed E-state index contributed by atoms with van der Waals surface area (Å²) < 4.78 is -0.426. The summed E-state index contributed by atoms with van der Waals surface area (Å²) in [5.41, 5.74) is 0. The number of nitrogens with one attached hydrogen (secondary N) is 1. The first-order valence-corrected chi connectivity index (χ1v) is 7.81. The fourth-order valence-electron chi connectivity index (χ4n) is 2.65. The maximum absolute atomic E-state index is 12.3. The molecular weight excluding hydrogens is 274 g/mol. The standard InChI is InChI=1S/C10H15N3O3S2/c1-11-2-6-3-17-10-12(5-13(10)8(6)14)7(4-18-10)9(15)16/h6-7,11H,2-5H2,1H3,(H,15,16)/t6?,7?,10-/m0/s1. The van der Waals surface area contributed by atoms with Crippen LogP contribution < -0.4 is 5.32 Å². The summed E-state index contributed by atoms with van der Waals surface area (Å²) in [6, 6.07) is -0.451. The van der Waals surface area contributed by atoms with Crippen molar-refractivity contribution in [3.8, 4) is 0 Å². The van der Waals surface area contributed by atoms with Gasteiger partial charge in [0.1, 0.15) is 6.04 Å². The second-order valence-electron chi connectivity index (χ2n) is 4.66. The molecule has 1 amide bonds. The normalized spacial score (nSPS) is 39.2. The van der Waals surface area contributed by atoms with Crippen LogP contribution in [0.25, 0.3) is 0 Å². The number of nitrogens with zero attached hydrogens (tertiary/aromatic N) is 2. The zero-order valence-electron chi connectivity index (χ0n) is 9.96. The summed E-state index contributed by atoms with van der Waals surface area (Å²) >= 11 is 3.27. The van der Waals surface area contributed by atoms with Gasteiger partial charge in [-0.1, -0.05) is 0 Å². The molecule has 0 radical (unpaired) electrons. The Bertz CT molecular complexity index is 408. The van der Waals surface area contributed by atoms with Crippen LogP contribution in [0.2, 0.25) is 0 Å². The number of thioether (sulfide) groups is 2. The van der Waals surface area contributed by atoms with Crippen molar-refractivity contribution >= 4 is 35.4 Å². The van der Waals surface area contributed by atoms with Crippen LogP contribution in [0.4, 0.5) is 0 Å². The van der Waals surface area contributed by atoms with Gasteiger partial charge in [-0.3, -0.25) is 14.5 Å². The number of rotatable bonds is 3. The molecule has 2 N–H and O–H groups in total. The number of amides is 1. The van der Waals surface area contributed by atoms with Gasteiger partial charge in [0, 0.05) is 18.1 Å². The Hall–Kier alpha value is -0.440. The van der Waals surface area contributed by atoms with Crippen LogP contribution in [0.3, 0.4) is 0 Å². The number of carbonyl (C=O) groups is 2. The molecule has 0 aromatic rings. The monoisotopic (exact) mass is 289 g/mol. The first-order chi connectivity index (χ1) is 8.60. The molecule has 0 aromatic carbocycles. The van der Waals surface area contributed by atoms with Crippen molar-refractivity contribution in [2.24, 2.45) is 5.92 Å². The molecule has 0 aromatic heterocycles. The zero-order valence-corrected chi connectivity index (χ0v) is 11.6. The predicted octanol–water partition coefficient (Wildman–Crippen LogP) is -0.518. The zero-order chi connectivity index (χ0) is 12.9. The second-order valence-corrected chi connectivity index (χ2v) is 7.30. The first kappa shape index (κ1) is 12.6. The lowest BCUT2D eigenvalue weighted by molar-refractivity contribution is -0.172. The molecule has 18 heavy (non-hydrogen) atoms. The van der Waals surface area contributed by atoms with E-state index in [1.54, 1.807) is 23.5 Å². The van der Waals surface area contributed by atoms with E-state index in [1.807, 2.05) is 16.8 Å². The molecule has 2 unspecified atom stereocenters. The minimum absolute atomic E-state index is 0.0113. The van der Waals surface area contributed by atoms with Crippen LogP contribution in [0, 0.1) is 5.92 Å². The minimum atomic E-state index is -0.788. The average molecular weight is 289 g/mol. The van der Waals surface area contributed by atoms with E-state index >= 15 is 0 Å². The SMILES string of the molecule is CNCC1CS[C@]23SCC(C(=O)O)N2CN3C1=O. The van der Waals surface area contributed by atoms with Gasteiger partial charge in [0.25, 0.3) is 0 Å². The lowest BCUT2D eigenvalue weighted by Gasteiger charge is -2.59. The smallest absolute Gasteiger partial charge is 0.321 e. The summed E-state index contributed by atoms with van der Waals surface area (Å²) in [6.07, 6.45) is 0. The molecule has 0 aliphatic carbocycles. The molecule has 0 saturated carbocycles. The van der Waals surface area contributed by atoms with Gasteiger partial charge in [0.05, 0.1) is 12.6 Å². The van der Waals surface area contributed by atoms with Crippen molar-refractivity contribution < 1.29 is 14.7 Å². The number of carbonyl (C=O) groups excluding carboxylic acids is 1. The van der Waals surface area contributed by atoms with Gasteiger partial charge in [-0.2, -0.15) is 0 Å². The van der Waals surface area contributed by atoms with Crippen molar-refractivity contribution in [3.63, 3.8) is 0 Å². The number of aliphatic carboxylic acids is 1. The lowest BCUT2D eigenvalue weighted by Crippen LogP contribution is -2.75. The summed E-state index contributed by atoms with van der Waals surface area (Å²) in [6.45, 7) is 1.14. The highest BCUT2D eigenvalue weighted by atomic mass is 32.2. The van der Waals surface area contributed by atoms with E-state index in [-0.39, 0.29) is 11.8 Å². The predicted molar refractivity (Wildman–Crippen MR) is 70.0 cm³/mol. The Morgan fingerprint density at radius 1 is 1.56 bits per heavy atom. The Balaban J connectivity index is 1.77. The quantitative estimate of drug-likeness (QED) is 0.724. The largest absolute Gasteiger partial charge is 0.480 e. The summed E-state index contributed by atoms with van der Waals surface area (Å²) in [7, 11) is 1.84. The number of carboxylic acid groups (broad SMARTS) is 1. The minimum Gasteiger partial charge on any atom is -0.480 e. The van der Waals surface area contributed by atoms with Crippen LogP contribution in [-0.4, -0.2) is 68.9 Å². The van der Waals surface area contributed by atoms with Crippen LogP contribution in [0.5, 0.6) is 0 Å². The second kappa shape index (κ2) is 4.29. The average Bonchev–Trinajstić information content (AvgIpc) is 2.56. The highest BCUT2D eigenvalue weighted by molar-refractivity contribution is 8.18. The fraction of sp³-hybridized carbons (Fsp3) is 0.800. The Kier molecular flexibility index (Phi) is 3.00. The van der Waals surface area contributed by atoms with E-state index in [9.17, 15) is 9.59 Å². The molecule has 8 heteroatoms. The van der Waals surface area contributed by atoms with E-state index in [0.29, 0.717) is 19.0 Å². The first-order valence-electron chi connectivity index (χ1n) is 5.83. The molecule has 0 bridgehead atoms. The van der Waals surface area contributed by atoms with E-state index in [4.69, 9.17) is 5.11 Å². The van der Waals surface area contributed by atoms with E-state index in [1.165, 1.54) is 0 Å². The van der Waals surface area contributed by atoms with Crippen LogP contribution >= 0.6 is 23.5 Å². The lowest BCUT2D eigenvalue weighted by atomic mass is 10.1. The molecule has 100 valence electrons. The van der Waals surface area contributed by atoms with Crippen LogP contribution in [0.15, 0.2) is 0 Å². The Morgan fingerprint density at radius 2 is 2.28 bits per heavy atom. The van der Waals surface area contributed by atoms with Crippen LogP contribution in [0.1, 0.15) is 0 Å². The van der Waals surface area contributed by atoms with Gasteiger partial charge in [0.2, 0.25) is 5.91 Å². The number of carboxylic acids is 1. The summed E-state index contributed by atoms with van der Waals surface area (Å²) in [4.78, 5) is 27.2. The number of hydrogen-bond donors (Lipinski definition) is 2. The maximum Gasteiger partial charge on any atom is 0.321 e. The molecular formula is C10H15N3O3S2. The summed E-state index contributed by atoms with van der Waals surface area (Å²) in [5.74, 6) is 0.689. The van der Waals surface area contributed by atoms with E-state index in [0.717, 1.165) is 5.75 Å². The van der Waals surface area contributed by atoms with Gasteiger partial charge in [0.15, 0.2) is 4.33 Å². The number of hydrogen-bond acceptors (Lipinski definition) is 6. The summed E-state index contributed by atoms with van der Waals surface area (Å²) in [5, 5.41) is 12.2. The van der Waals surface area contributed by atoms with Gasteiger partial charge >= 0.3 is 5.97 Å². The van der Waals surface area contributed by atoms with Crippen molar-refractivity contribution in [3.05, 3.63) is 0 Å². The highest BCUT2D eigenvalue weighted by Crippen LogP contribution is 2.58. The van der Waals surface area contributed by atoms with Crippen LogP contribution in [-0.2, 0) is 9.59 Å². The highest BCUT2D eigenvalue weighted by Gasteiger charge is 2.65. The Morgan fingerprint density at radius 3 is 2.94 bits per heavy atom. The fourth-order valence-corrected chi connectivity index (χ4v) is 6.08. The Labute approximate surface area is 113 Å². The van der Waals surface area contributed by atoms with Crippen molar-refractivity contribution in [2.45, 2.75) is 10.4 Å². The third-order valence-electron chi connectivity index (χ3n) is 3.63. The van der Waals surface area contributed by atoms with Gasteiger partial charge < -0.3 is 10.4 Å². The van der Waals surface area contributed by atoms with Gasteiger partial charge in [-0.15, -0.1) is 23.5 Å².